The molecule has 0 saturated carbocycles. The van der Waals surface area contributed by atoms with Crippen LogP contribution in [-0.2, 0) is 11.3 Å². The Morgan fingerprint density at radius 2 is 2.17 bits per heavy atom. The molecule has 0 fully saturated rings. The molecule has 5 nitrogen and oxygen atoms in total. The molecule has 0 aliphatic rings. The van der Waals surface area contributed by atoms with Gasteiger partial charge in [-0.1, -0.05) is 54.1 Å². The van der Waals surface area contributed by atoms with Gasteiger partial charge in [0.25, 0.3) is 0 Å². The van der Waals surface area contributed by atoms with E-state index in [1.807, 2.05) is 36.4 Å². The second-order valence-electron chi connectivity index (χ2n) is 4.56. The van der Waals surface area contributed by atoms with Gasteiger partial charge in [-0.15, -0.1) is 0 Å². The summed E-state index contributed by atoms with van der Waals surface area (Å²) in [5.74, 6) is 0. The molecule has 0 radical (unpaired) electrons. The highest BCUT2D eigenvalue weighted by atomic mass is 35.5. The van der Waals surface area contributed by atoms with Gasteiger partial charge in [-0.3, -0.25) is 0 Å². The molecule has 0 spiro atoms. The van der Waals surface area contributed by atoms with Crippen molar-refractivity contribution in [3.8, 4) is 6.07 Å². The maximum atomic E-state index is 11.5. The Labute approximate surface area is 139 Å². The lowest BCUT2D eigenvalue weighted by Gasteiger charge is -2.05. The van der Waals surface area contributed by atoms with E-state index < -0.39 is 6.09 Å². The van der Waals surface area contributed by atoms with Gasteiger partial charge in [0.05, 0.1) is 5.56 Å². The molecule has 6 heteroatoms. The minimum Gasteiger partial charge on any atom is -0.445 e. The highest BCUT2D eigenvalue weighted by Gasteiger charge is 2.02. The zero-order valence-corrected chi connectivity index (χ0v) is 13.0. The fourth-order valence-corrected chi connectivity index (χ4v) is 1.91. The van der Waals surface area contributed by atoms with E-state index in [1.165, 1.54) is 6.20 Å². The molecule has 2 rings (SSSR count). The van der Waals surface area contributed by atoms with Crippen LogP contribution >= 0.6 is 11.6 Å². The van der Waals surface area contributed by atoms with Crippen molar-refractivity contribution in [3.63, 3.8) is 0 Å². The fraction of sp³-hybridized carbons (Fsp3) is 0.118. The lowest BCUT2D eigenvalue weighted by molar-refractivity contribution is 0.141. The average molecular weight is 328 g/mol. The van der Waals surface area contributed by atoms with Gasteiger partial charge in [0.15, 0.2) is 0 Å². The standard InChI is InChI=1S/C17H14ClN3O2/c18-16-15(9-14(10-19)11-21-16)7-4-8-20-17(22)23-12-13-5-2-1-3-6-13/h1-7,9,11H,8,12H2,(H,20,22). The van der Waals surface area contributed by atoms with Crippen LogP contribution < -0.4 is 5.32 Å². The lowest BCUT2D eigenvalue weighted by Crippen LogP contribution is -2.24. The number of halogens is 1. The van der Waals surface area contributed by atoms with E-state index in [1.54, 1.807) is 18.2 Å². The van der Waals surface area contributed by atoms with Crippen LogP contribution in [0.25, 0.3) is 6.08 Å². The van der Waals surface area contributed by atoms with E-state index in [0.29, 0.717) is 16.3 Å². The van der Waals surface area contributed by atoms with Crippen LogP contribution in [0.5, 0.6) is 0 Å². The van der Waals surface area contributed by atoms with Gasteiger partial charge in [-0.25, -0.2) is 9.78 Å². The molecule has 0 aliphatic heterocycles. The number of nitriles is 1. The molecule has 1 heterocycles. The van der Waals surface area contributed by atoms with E-state index in [4.69, 9.17) is 21.6 Å². The number of alkyl carbamates (subject to hydrolysis) is 1. The molecule has 1 aromatic heterocycles. The van der Waals surface area contributed by atoms with Gasteiger partial charge in [0.1, 0.15) is 17.8 Å². The highest BCUT2D eigenvalue weighted by Crippen LogP contribution is 2.15. The second-order valence-corrected chi connectivity index (χ2v) is 4.92. The van der Waals surface area contributed by atoms with Crippen molar-refractivity contribution in [1.82, 2.24) is 10.3 Å². The Morgan fingerprint density at radius 1 is 1.39 bits per heavy atom. The summed E-state index contributed by atoms with van der Waals surface area (Å²) in [4.78, 5) is 15.5. The first-order valence-corrected chi connectivity index (χ1v) is 7.23. The molecule has 0 aliphatic carbocycles. The third-order valence-corrected chi connectivity index (χ3v) is 3.19. The van der Waals surface area contributed by atoms with Crippen molar-refractivity contribution in [2.45, 2.75) is 6.61 Å². The highest BCUT2D eigenvalue weighted by molar-refractivity contribution is 6.30. The number of ether oxygens (including phenoxy) is 1. The van der Waals surface area contributed by atoms with Crippen LogP contribution in [0.15, 0.2) is 48.7 Å². The molecule has 0 atom stereocenters. The Hall–Kier alpha value is -2.84. The lowest BCUT2D eigenvalue weighted by atomic mass is 10.2. The third kappa shape index (κ3) is 5.46. The number of rotatable bonds is 5. The Morgan fingerprint density at radius 3 is 2.91 bits per heavy atom. The molecule has 0 saturated heterocycles. The molecule has 1 N–H and O–H groups in total. The molecule has 0 bridgehead atoms. The average Bonchev–Trinajstić information content (AvgIpc) is 2.59. The van der Waals surface area contributed by atoms with Gasteiger partial charge in [-0.2, -0.15) is 5.26 Å². The van der Waals surface area contributed by atoms with Gasteiger partial charge in [0.2, 0.25) is 0 Å². The smallest absolute Gasteiger partial charge is 0.407 e. The first kappa shape index (κ1) is 16.5. The summed E-state index contributed by atoms with van der Waals surface area (Å²) in [5.41, 5.74) is 1.96. The largest absolute Gasteiger partial charge is 0.445 e. The van der Waals surface area contributed by atoms with Crippen LogP contribution in [0.2, 0.25) is 5.15 Å². The Kier molecular flexibility index (Phi) is 6.16. The summed E-state index contributed by atoms with van der Waals surface area (Å²) < 4.78 is 5.08. The number of carbonyl (C=O) groups excluding carboxylic acids is 1. The number of amides is 1. The van der Waals surface area contributed by atoms with Crippen LogP contribution in [0, 0.1) is 11.3 Å². The molecule has 2 aromatic rings. The van der Waals surface area contributed by atoms with E-state index in [9.17, 15) is 4.79 Å². The zero-order valence-electron chi connectivity index (χ0n) is 12.2. The molecule has 1 aromatic carbocycles. The first-order chi connectivity index (χ1) is 11.2. The molecular formula is C17H14ClN3O2. The van der Waals surface area contributed by atoms with Gasteiger partial charge < -0.3 is 10.1 Å². The van der Waals surface area contributed by atoms with E-state index in [-0.39, 0.29) is 13.2 Å². The van der Waals surface area contributed by atoms with Crippen molar-refractivity contribution < 1.29 is 9.53 Å². The molecule has 1 amide bonds. The monoisotopic (exact) mass is 327 g/mol. The van der Waals surface area contributed by atoms with E-state index in [2.05, 4.69) is 10.3 Å². The number of pyridine rings is 1. The number of nitrogens with one attached hydrogen (secondary N) is 1. The maximum absolute atomic E-state index is 11.5. The second kappa shape index (κ2) is 8.57. The summed E-state index contributed by atoms with van der Waals surface area (Å²) in [5, 5.41) is 11.7. The van der Waals surface area contributed by atoms with Gasteiger partial charge >= 0.3 is 6.09 Å². The summed E-state index contributed by atoms with van der Waals surface area (Å²) in [6.07, 6.45) is 4.29. The van der Waals surface area contributed by atoms with Crippen molar-refractivity contribution in [2.75, 3.05) is 6.54 Å². The summed E-state index contributed by atoms with van der Waals surface area (Å²) >= 11 is 5.93. The van der Waals surface area contributed by atoms with Crippen molar-refractivity contribution in [1.29, 1.82) is 5.26 Å². The molecule has 0 unspecified atom stereocenters. The van der Waals surface area contributed by atoms with Crippen molar-refractivity contribution >= 4 is 23.8 Å². The minimum absolute atomic E-state index is 0.219. The van der Waals surface area contributed by atoms with Crippen molar-refractivity contribution in [2.24, 2.45) is 0 Å². The molecule has 116 valence electrons. The predicted molar refractivity (Wildman–Crippen MR) is 87.6 cm³/mol. The maximum Gasteiger partial charge on any atom is 0.407 e. The Bertz CT molecular complexity index is 739. The number of hydrogen-bond acceptors (Lipinski definition) is 4. The number of nitrogens with zero attached hydrogens (tertiary/aromatic N) is 2. The van der Waals surface area contributed by atoms with Crippen molar-refractivity contribution in [3.05, 3.63) is 70.5 Å². The van der Waals surface area contributed by atoms with Gasteiger partial charge in [-0.05, 0) is 11.6 Å². The number of aromatic nitrogens is 1. The van der Waals surface area contributed by atoms with E-state index in [0.717, 1.165) is 5.56 Å². The first-order valence-electron chi connectivity index (χ1n) is 6.86. The topological polar surface area (TPSA) is 75.0 Å². The third-order valence-electron chi connectivity index (χ3n) is 2.87. The summed E-state index contributed by atoms with van der Waals surface area (Å²) in [7, 11) is 0. The SMILES string of the molecule is N#Cc1cnc(Cl)c(C=CCNC(=O)OCc2ccccc2)c1. The summed E-state index contributed by atoms with van der Waals surface area (Å²) in [6.45, 7) is 0.497. The quantitative estimate of drug-likeness (QED) is 0.852. The van der Waals surface area contributed by atoms with E-state index >= 15 is 0 Å². The summed E-state index contributed by atoms with van der Waals surface area (Å²) in [6, 6.07) is 13.0. The van der Waals surface area contributed by atoms with Crippen LogP contribution in [0.1, 0.15) is 16.7 Å². The van der Waals surface area contributed by atoms with Gasteiger partial charge in [0, 0.05) is 18.3 Å². The number of carbonyl (C=O) groups is 1. The van der Waals surface area contributed by atoms with Crippen LogP contribution in [0.3, 0.4) is 0 Å². The van der Waals surface area contributed by atoms with Crippen LogP contribution in [0.4, 0.5) is 4.79 Å². The predicted octanol–water partition coefficient (Wildman–Crippen LogP) is 3.55. The number of benzene rings is 1. The minimum atomic E-state index is -0.506. The zero-order chi connectivity index (χ0) is 16.5. The molecule has 23 heavy (non-hydrogen) atoms. The fourth-order valence-electron chi connectivity index (χ4n) is 1.75. The molecular weight excluding hydrogens is 314 g/mol. The Balaban J connectivity index is 1.78. The normalized spacial score (nSPS) is 10.3. The van der Waals surface area contributed by atoms with Crippen LogP contribution in [-0.4, -0.2) is 17.6 Å². The number of hydrogen-bond donors (Lipinski definition) is 1.